The largest absolute Gasteiger partial charge is 0.496 e. The van der Waals surface area contributed by atoms with Crippen molar-refractivity contribution in [3.8, 4) is 17.2 Å². The molecular formula is C24H31N3O4. The summed E-state index contributed by atoms with van der Waals surface area (Å²) < 4.78 is 16.7. The van der Waals surface area contributed by atoms with Crippen LogP contribution in [0.25, 0.3) is 0 Å². The van der Waals surface area contributed by atoms with Gasteiger partial charge in [-0.3, -0.25) is 14.6 Å². The Hall–Kier alpha value is -2.77. The second-order valence-corrected chi connectivity index (χ2v) is 8.15. The van der Waals surface area contributed by atoms with Crippen LogP contribution in [0, 0.1) is 6.92 Å². The molecule has 0 aromatic heterocycles. The van der Waals surface area contributed by atoms with E-state index in [-0.39, 0.29) is 11.9 Å². The van der Waals surface area contributed by atoms with E-state index in [0.29, 0.717) is 19.0 Å². The van der Waals surface area contributed by atoms with Crippen molar-refractivity contribution in [2.45, 2.75) is 26.4 Å². The molecule has 166 valence electrons. The molecular weight excluding hydrogens is 394 g/mol. The lowest BCUT2D eigenvalue weighted by Crippen LogP contribution is -2.52. The average molecular weight is 426 g/mol. The monoisotopic (exact) mass is 425 g/mol. The first-order valence-electron chi connectivity index (χ1n) is 10.8. The Balaban J connectivity index is 1.30. The van der Waals surface area contributed by atoms with Gasteiger partial charge in [0.25, 0.3) is 0 Å². The third-order valence-electron chi connectivity index (χ3n) is 5.97. The van der Waals surface area contributed by atoms with Crippen molar-refractivity contribution in [2.24, 2.45) is 0 Å². The van der Waals surface area contributed by atoms with Gasteiger partial charge in [0.1, 0.15) is 19.0 Å². The highest BCUT2D eigenvalue weighted by molar-refractivity contribution is 5.94. The lowest BCUT2D eigenvalue weighted by Gasteiger charge is -2.37. The number of aryl methyl sites for hydroxylation is 1. The number of nitrogens with one attached hydrogen (secondary N) is 1. The lowest BCUT2D eigenvalue weighted by atomic mass is 10.1. The van der Waals surface area contributed by atoms with Crippen molar-refractivity contribution in [1.82, 2.24) is 9.80 Å². The summed E-state index contributed by atoms with van der Waals surface area (Å²) in [4.78, 5) is 17.5. The number of anilines is 1. The zero-order valence-corrected chi connectivity index (χ0v) is 18.5. The zero-order chi connectivity index (χ0) is 21.8. The molecule has 2 heterocycles. The minimum Gasteiger partial charge on any atom is -0.496 e. The van der Waals surface area contributed by atoms with Crippen molar-refractivity contribution in [2.75, 3.05) is 51.8 Å². The number of carbonyl (C=O) groups excluding carboxylic acids is 1. The van der Waals surface area contributed by atoms with Gasteiger partial charge < -0.3 is 19.5 Å². The van der Waals surface area contributed by atoms with E-state index in [1.165, 1.54) is 11.1 Å². The minimum absolute atomic E-state index is 0.00881. The predicted octanol–water partition coefficient (Wildman–Crippen LogP) is 2.92. The number of piperazine rings is 1. The molecule has 0 unspecified atom stereocenters. The van der Waals surface area contributed by atoms with Crippen molar-refractivity contribution < 1.29 is 19.0 Å². The van der Waals surface area contributed by atoms with E-state index in [9.17, 15) is 4.79 Å². The number of methoxy groups -OCH3 is 1. The summed E-state index contributed by atoms with van der Waals surface area (Å²) in [7, 11) is 1.72. The quantitative estimate of drug-likeness (QED) is 0.768. The number of hydrogen-bond acceptors (Lipinski definition) is 6. The molecule has 1 atom stereocenters. The van der Waals surface area contributed by atoms with Crippen LogP contribution >= 0.6 is 0 Å². The van der Waals surface area contributed by atoms with Gasteiger partial charge >= 0.3 is 0 Å². The molecule has 0 spiro atoms. The number of ether oxygens (including phenoxy) is 3. The summed E-state index contributed by atoms with van der Waals surface area (Å²) in [5.74, 6) is 2.32. The lowest BCUT2D eigenvalue weighted by molar-refractivity contribution is -0.121. The molecule has 1 saturated heterocycles. The molecule has 0 saturated carbocycles. The maximum atomic E-state index is 12.8. The summed E-state index contributed by atoms with van der Waals surface area (Å²) >= 11 is 0. The first-order chi connectivity index (χ1) is 15.0. The highest BCUT2D eigenvalue weighted by Crippen LogP contribution is 2.32. The van der Waals surface area contributed by atoms with Gasteiger partial charge in [0, 0.05) is 50.0 Å². The molecule has 2 aromatic carbocycles. The van der Waals surface area contributed by atoms with Crippen molar-refractivity contribution in [3.05, 3.63) is 47.5 Å². The molecule has 1 N–H and O–H groups in total. The van der Waals surface area contributed by atoms with Crippen molar-refractivity contribution in [3.63, 3.8) is 0 Å². The van der Waals surface area contributed by atoms with E-state index in [1.807, 2.05) is 31.2 Å². The molecule has 2 aliphatic rings. The van der Waals surface area contributed by atoms with Gasteiger partial charge in [0.2, 0.25) is 5.91 Å². The fourth-order valence-corrected chi connectivity index (χ4v) is 4.11. The molecule has 7 heteroatoms. The number of amides is 1. The van der Waals surface area contributed by atoms with Crippen LogP contribution in [0.4, 0.5) is 5.69 Å². The van der Waals surface area contributed by atoms with Gasteiger partial charge in [-0.15, -0.1) is 0 Å². The fourth-order valence-electron chi connectivity index (χ4n) is 4.11. The molecule has 1 amide bonds. The summed E-state index contributed by atoms with van der Waals surface area (Å²) in [6, 6.07) is 11.6. The van der Waals surface area contributed by atoms with Crippen molar-refractivity contribution in [1.29, 1.82) is 0 Å². The Bertz CT molecular complexity index is 925. The third-order valence-corrected chi connectivity index (χ3v) is 5.97. The van der Waals surface area contributed by atoms with Crippen molar-refractivity contribution >= 4 is 11.6 Å². The number of hydrogen-bond donors (Lipinski definition) is 1. The Kier molecular flexibility index (Phi) is 6.63. The molecule has 31 heavy (non-hydrogen) atoms. The fraction of sp³-hybridized carbons (Fsp3) is 0.458. The second-order valence-electron chi connectivity index (χ2n) is 8.15. The molecule has 0 aliphatic carbocycles. The number of rotatable bonds is 6. The Morgan fingerprint density at radius 3 is 2.55 bits per heavy atom. The smallest absolute Gasteiger partial charge is 0.241 e. The second kappa shape index (κ2) is 9.58. The van der Waals surface area contributed by atoms with E-state index >= 15 is 0 Å². The van der Waals surface area contributed by atoms with Crippen LogP contribution in [0.5, 0.6) is 17.2 Å². The van der Waals surface area contributed by atoms with Gasteiger partial charge in [-0.05, 0) is 32.0 Å². The van der Waals surface area contributed by atoms with Crippen LogP contribution in [0.15, 0.2) is 36.4 Å². The minimum atomic E-state index is -0.205. The molecule has 2 aliphatic heterocycles. The third kappa shape index (κ3) is 5.11. The Morgan fingerprint density at radius 1 is 1.06 bits per heavy atom. The van der Waals surface area contributed by atoms with Crippen LogP contribution in [-0.2, 0) is 11.3 Å². The van der Waals surface area contributed by atoms with E-state index in [4.69, 9.17) is 14.2 Å². The van der Waals surface area contributed by atoms with Gasteiger partial charge in [-0.25, -0.2) is 0 Å². The number of benzene rings is 2. The summed E-state index contributed by atoms with van der Waals surface area (Å²) in [5, 5.41) is 3.02. The van der Waals surface area contributed by atoms with E-state index < -0.39 is 0 Å². The van der Waals surface area contributed by atoms with E-state index in [1.54, 1.807) is 7.11 Å². The molecule has 0 bridgehead atoms. The highest BCUT2D eigenvalue weighted by atomic mass is 16.6. The van der Waals surface area contributed by atoms with Gasteiger partial charge in [-0.1, -0.05) is 17.7 Å². The van der Waals surface area contributed by atoms with Crippen LogP contribution < -0.4 is 19.5 Å². The average Bonchev–Trinajstić information content (AvgIpc) is 2.79. The topological polar surface area (TPSA) is 63.3 Å². The van der Waals surface area contributed by atoms with Crippen LogP contribution in [0.1, 0.15) is 18.1 Å². The Labute approximate surface area is 183 Å². The highest BCUT2D eigenvalue weighted by Gasteiger charge is 2.26. The molecule has 1 fully saturated rings. The molecule has 0 radical (unpaired) electrons. The first-order valence-corrected chi connectivity index (χ1v) is 10.8. The normalized spacial score (nSPS) is 17.8. The van der Waals surface area contributed by atoms with Crippen LogP contribution in [0.3, 0.4) is 0 Å². The maximum absolute atomic E-state index is 12.8. The standard InChI is InChI=1S/C24H31N3O4/c1-17-4-6-21(29-3)19(14-17)16-26-8-10-27(11-9-26)18(2)24(28)25-20-5-7-22-23(15-20)31-13-12-30-22/h4-7,14-15,18H,8-13,16H2,1-3H3,(H,25,28)/t18-/m1/s1. The number of carbonyl (C=O) groups is 1. The molecule has 2 aromatic rings. The predicted molar refractivity (Wildman–Crippen MR) is 120 cm³/mol. The van der Waals surface area contributed by atoms with Gasteiger partial charge in [0.15, 0.2) is 11.5 Å². The maximum Gasteiger partial charge on any atom is 0.241 e. The molecule has 7 nitrogen and oxygen atoms in total. The molecule has 4 rings (SSSR count). The van der Waals surface area contributed by atoms with E-state index in [2.05, 4.69) is 34.2 Å². The van der Waals surface area contributed by atoms with Gasteiger partial charge in [-0.2, -0.15) is 0 Å². The first kappa shape index (κ1) is 21.5. The number of nitrogens with zero attached hydrogens (tertiary/aromatic N) is 2. The van der Waals surface area contributed by atoms with Gasteiger partial charge in [0.05, 0.1) is 13.2 Å². The number of fused-ring (bicyclic) bond motifs is 1. The van der Waals surface area contributed by atoms with E-state index in [0.717, 1.165) is 49.9 Å². The SMILES string of the molecule is COc1ccc(C)cc1CN1CCN([C@H](C)C(=O)Nc2ccc3c(c2)OCCO3)CC1. The summed E-state index contributed by atoms with van der Waals surface area (Å²) in [5.41, 5.74) is 3.17. The summed E-state index contributed by atoms with van der Waals surface area (Å²) in [6.07, 6.45) is 0. The summed E-state index contributed by atoms with van der Waals surface area (Å²) in [6.45, 7) is 9.54. The zero-order valence-electron chi connectivity index (χ0n) is 18.5. The van der Waals surface area contributed by atoms with Crippen LogP contribution in [-0.4, -0.2) is 68.3 Å². The van der Waals surface area contributed by atoms with Crippen LogP contribution in [0.2, 0.25) is 0 Å². The Morgan fingerprint density at radius 2 is 1.81 bits per heavy atom.